The number of amidine groups is 1. The molecule has 182 valence electrons. The molecule has 3 N–H and O–H groups in total. The number of halogens is 1. The molecule has 0 bridgehead atoms. The molecule has 0 radical (unpaired) electrons. The Labute approximate surface area is 198 Å². The molecule has 0 saturated carbocycles. The molecule has 1 aromatic carbocycles. The van der Waals surface area contributed by atoms with Gasteiger partial charge >= 0.3 is 5.97 Å². The number of carbonyl (C=O) groups is 1. The van der Waals surface area contributed by atoms with Gasteiger partial charge in [0.15, 0.2) is 5.82 Å². The SMILES string of the molecule is N=C(N)CC(=O)OCc1cccc(N2CCN(c3cnc(N4CCCOCC4)nc3)CC2)c1F. The average Bonchev–Trinajstić information content (AvgIpc) is 3.13. The standard InChI is InChI=1S/C23H30FN7O3/c24-22-17(16-34-21(32)13-20(25)26)3-1-4-19(22)30-8-6-29(7-9-30)18-14-27-23(28-15-18)31-5-2-11-33-12-10-31/h1,3-4,14-15H,2,5-13,16H2,(H3,25,26). The Hall–Kier alpha value is -3.47. The first-order valence-electron chi connectivity index (χ1n) is 11.4. The van der Waals surface area contributed by atoms with E-state index in [1.807, 2.05) is 17.3 Å². The number of rotatable bonds is 7. The second-order valence-electron chi connectivity index (χ2n) is 8.28. The third kappa shape index (κ3) is 5.90. The largest absolute Gasteiger partial charge is 0.460 e. The van der Waals surface area contributed by atoms with E-state index in [0.717, 1.165) is 37.8 Å². The van der Waals surface area contributed by atoms with Crippen LogP contribution in [0.3, 0.4) is 0 Å². The third-order valence-electron chi connectivity index (χ3n) is 5.90. The molecular formula is C23H30FN7O3. The summed E-state index contributed by atoms with van der Waals surface area (Å²) in [6.45, 7) is 5.62. The molecule has 2 aliphatic rings. The van der Waals surface area contributed by atoms with Crippen LogP contribution in [0, 0.1) is 11.2 Å². The van der Waals surface area contributed by atoms with Crippen LogP contribution in [-0.4, -0.2) is 74.3 Å². The molecule has 2 aliphatic heterocycles. The highest BCUT2D eigenvalue weighted by Crippen LogP contribution is 2.26. The molecule has 0 unspecified atom stereocenters. The van der Waals surface area contributed by atoms with Crippen molar-refractivity contribution in [3.05, 3.63) is 42.0 Å². The predicted octanol–water partition coefficient (Wildman–Crippen LogP) is 1.54. The van der Waals surface area contributed by atoms with E-state index < -0.39 is 11.8 Å². The minimum absolute atomic E-state index is 0.196. The first kappa shape index (κ1) is 23.7. The molecule has 2 fully saturated rings. The van der Waals surface area contributed by atoms with Gasteiger partial charge in [0.2, 0.25) is 5.95 Å². The Morgan fingerprint density at radius 3 is 2.53 bits per heavy atom. The number of hydrogen-bond acceptors (Lipinski definition) is 9. The van der Waals surface area contributed by atoms with Gasteiger partial charge in [0.1, 0.15) is 18.9 Å². The summed E-state index contributed by atoms with van der Waals surface area (Å²) >= 11 is 0. The van der Waals surface area contributed by atoms with Gasteiger partial charge in [-0.3, -0.25) is 10.2 Å². The minimum Gasteiger partial charge on any atom is -0.460 e. The maximum absolute atomic E-state index is 15.1. The number of ether oxygens (including phenoxy) is 2. The van der Waals surface area contributed by atoms with Crippen LogP contribution in [0.2, 0.25) is 0 Å². The summed E-state index contributed by atoms with van der Waals surface area (Å²) in [7, 11) is 0. The van der Waals surface area contributed by atoms with E-state index >= 15 is 4.39 Å². The van der Waals surface area contributed by atoms with Crippen molar-refractivity contribution in [3.63, 3.8) is 0 Å². The van der Waals surface area contributed by atoms with Gasteiger partial charge in [0.05, 0.1) is 30.4 Å². The summed E-state index contributed by atoms with van der Waals surface area (Å²) in [4.78, 5) is 27.1. The first-order valence-corrected chi connectivity index (χ1v) is 11.4. The highest BCUT2D eigenvalue weighted by Gasteiger charge is 2.22. The molecule has 0 aliphatic carbocycles. The van der Waals surface area contributed by atoms with Crippen molar-refractivity contribution in [2.24, 2.45) is 5.73 Å². The average molecular weight is 472 g/mol. The van der Waals surface area contributed by atoms with E-state index in [4.69, 9.17) is 20.6 Å². The lowest BCUT2D eigenvalue weighted by atomic mass is 10.1. The zero-order valence-electron chi connectivity index (χ0n) is 19.1. The van der Waals surface area contributed by atoms with Crippen LogP contribution in [0.15, 0.2) is 30.6 Å². The Morgan fingerprint density at radius 1 is 1.06 bits per heavy atom. The molecule has 4 rings (SSSR count). The molecule has 34 heavy (non-hydrogen) atoms. The monoisotopic (exact) mass is 471 g/mol. The highest BCUT2D eigenvalue weighted by atomic mass is 19.1. The second-order valence-corrected chi connectivity index (χ2v) is 8.28. The van der Waals surface area contributed by atoms with Crippen LogP contribution in [-0.2, 0) is 20.9 Å². The van der Waals surface area contributed by atoms with Crippen LogP contribution in [0.5, 0.6) is 0 Å². The van der Waals surface area contributed by atoms with Crippen LogP contribution < -0.4 is 20.4 Å². The Kier molecular flexibility index (Phi) is 7.73. The zero-order chi connectivity index (χ0) is 23.9. The van der Waals surface area contributed by atoms with Crippen molar-refractivity contribution < 1.29 is 18.7 Å². The number of hydrogen-bond donors (Lipinski definition) is 2. The summed E-state index contributed by atoms with van der Waals surface area (Å²) in [5, 5.41) is 7.14. The van der Waals surface area contributed by atoms with Gasteiger partial charge in [-0.25, -0.2) is 14.4 Å². The number of anilines is 3. The van der Waals surface area contributed by atoms with Gasteiger partial charge in [-0.15, -0.1) is 0 Å². The normalized spacial score (nSPS) is 16.8. The summed E-state index contributed by atoms with van der Waals surface area (Å²) in [5.41, 5.74) is 6.92. The fraction of sp³-hybridized carbons (Fsp3) is 0.478. The van der Waals surface area contributed by atoms with Gasteiger partial charge in [-0.05, 0) is 12.5 Å². The van der Waals surface area contributed by atoms with Crippen molar-refractivity contribution >= 4 is 29.1 Å². The van der Waals surface area contributed by atoms with Crippen molar-refractivity contribution in [2.45, 2.75) is 19.4 Å². The lowest BCUT2D eigenvalue weighted by Gasteiger charge is -2.37. The molecule has 0 amide bonds. The number of nitrogens with two attached hydrogens (primary N) is 1. The number of nitrogens with one attached hydrogen (secondary N) is 1. The molecule has 2 saturated heterocycles. The first-order chi connectivity index (χ1) is 16.5. The van der Waals surface area contributed by atoms with Crippen LogP contribution in [0.25, 0.3) is 0 Å². The van der Waals surface area contributed by atoms with Crippen molar-refractivity contribution in [1.29, 1.82) is 5.41 Å². The molecule has 10 nitrogen and oxygen atoms in total. The van der Waals surface area contributed by atoms with Gasteiger partial charge in [-0.1, -0.05) is 12.1 Å². The highest BCUT2D eigenvalue weighted by molar-refractivity contribution is 5.94. The minimum atomic E-state index is -0.650. The molecule has 11 heteroatoms. The van der Waals surface area contributed by atoms with Crippen molar-refractivity contribution in [3.8, 4) is 0 Å². The summed E-state index contributed by atoms with van der Waals surface area (Å²) in [6, 6.07) is 5.07. The quantitative estimate of drug-likeness (QED) is 0.352. The summed E-state index contributed by atoms with van der Waals surface area (Å²) in [5.74, 6) is -0.617. The van der Waals surface area contributed by atoms with Crippen molar-refractivity contribution in [1.82, 2.24) is 9.97 Å². The maximum atomic E-state index is 15.1. The number of carbonyl (C=O) groups excluding carboxylic acids is 1. The Bertz CT molecular complexity index is 989. The lowest BCUT2D eigenvalue weighted by molar-refractivity contribution is -0.143. The lowest BCUT2D eigenvalue weighted by Crippen LogP contribution is -2.47. The van der Waals surface area contributed by atoms with E-state index in [0.29, 0.717) is 44.0 Å². The van der Waals surface area contributed by atoms with Gasteiger partial charge < -0.3 is 29.9 Å². The predicted molar refractivity (Wildman–Crippen MR) is 127 cm³/mol. The van der Waals surface area contributed by atoms with Gasteiger partial charge in [0, 0.05) is 51.4 Å². The van der Waals surface area contributed by atoms with E-state index in [2.05, 4.69) is 19.8 Å². The third-order valence-corrected chi connectivity index (χ3v) is 5.90. The molecular weight excluding hydrogens is 441 g/mol. The Balaban J connectivity index is 1.33. The van der Waals surface area contributed by atoms with E-state index in [-0.39, 0.29) is 18.9 Å². The molecule has 1 aromatic heterocycles. The van der Waals surface area contributed by atoms with Crippen LogP contribution >= 0.6 is 0 Å². The van der Waals surface area contributed by atoms with Crippen LogP contribution in [0.4, 0.5) is 21.7 Å². The molecule has 0 spiro atoms. The fourth-order valence-corrected chi connectivity index (χ4v) is 4.08. The molecule has 0 atom stereocenters. The second kappa shape index (κ2) is 11.1. The molecule has 3 heterocycles. The van der Waals surface area contributed by atoms with E-state index in [9.17, 15) is 4.79 Å². The van der Waals surface area contributed by atoms with Crippen molar-refractivity contribution in [2.75, 3.05) is 67.2 Å². The number of aromatic nitrogens is 2. The summed E-state index contributed by atoms with van der Waals surface area (Å²) in [6.07, 6.45) is 4.35. The topological polar surface area (TPSA) is 121 Å². The number of nitrogens with zero attached hydrogens (tertiary/aromatic N) is 5. The Morgan fingerprint density at radius 2 is 1.79 bits per heavy atom. The van der Waals surface area contributed by atoms with Gasteiger partial charge in [0.25, 0.3) is 0 Å². The van der Waals surface area contributed by atoms with Crippen LogP contribution in [0.1, 0.15) is 18.4 Å². The number of benzene rings is 1. The van der Waals surface area contributed by atoms with E-state index in [1.165, 1.54) is 0 Å². The maximum Gasteiger partial charge on any atom is 0.313 e. The van der Waals surface area contributed by atoms with E-state index in [1.54, 1.807) is 18.2 Å². The zero-order valence-corrected chi connectivity index (χ0v) is 19.1. The molecule has 2 aromatic rings. The number of piperazine rings is 1. The fourth-order valence-electron chi connectivity index (χ4n) is 4.08. The summed E-state index contributed by atoms with van der Waals surface area (Å²) < 4.78 is 25.6. The number of esters is 1. The smallest absolute Gasteiger partial charge is 0.313 e. The van der Waals surface area contributed by atoms with Gasteiger partial charge in [-0.2, -0.15) is 0 Å².